The van der Waals surface area contributed by atoms with Gasteiger partial charge in [0.25, 0.3) is 0 Å². The lowest BCUT2D eigenvalue weighted by Gasteiger charge is -2.32. The van der Waals surface area contributed by atoms with Crippen LogP contribution in [0.15, 0.2) is 0 Å². The van der Waals surface area contributed by atoms with E-state index in [2.05, 4.69) is 37.2 Å². The minimum absolute atomic E-state index is 0.00926. The van der Waals surface area contributed by atoms with E-state index in [1.165, 1.54) is 0 Å². The second-order valence-corrected chi connectivity index (χ2v) is 18.0. The van der Waals surface area contributed by atoms with Gasteiger partial charge in [-0.05, 0) is 38.1 Å². The van der Waals surface area contributed by atoms with Crippen LogP contribution in [-0.4, -0.2) is 258 Å². The molecule has 1 saturated heterocycles. The van der Waals surface area contributed by atoms with Crippen LogP contribution in [0.1, 0.15) is 64.2 Å². The minimum atomic E-state index is -1.55. The molecule has 418 valence electrons. The average molecular weight is 1060 g/mol. The largest absolute Gasteiger partial charge is 0.481 e. The number of carbonyl (C=O) groups is 12. The Morgan fingerprint density at radius 2 is 0.878 bits per heavy atom. The van der Waals surface area contributed by atoms with E-state index in [0.29, 0.717) is 0 Å². The smallest absolute Gasteiger partial charge is 0.326 e. The molecule has 2 aliphatic rings. The SMILES string of the molecule is O=C(O)CC[C@H](NC(=O)NC(CCCNCC(=O)NCCNC(=O)CNC(=O)C(CC1CCCCC1)NC(=O)CNC(=O)CN1CCN(CC(=O)O)CCN(CC(=O)O)CCN(CC(=O)O)CC1)C(=O)O)C(=O)O. The standard InChI is InChI=1S/C44H74N12O18/c57-33(22-45-10-4-7-30(42(70)71)51-44(74)52-31(43(72)73)8-9-37(61)62)46-11-12-47-34(58)23-49-41(69)32(21-29-5-2-1-3-6-29)50-35(59)24-48-36(60)25-53-13-15-54(26-38(63)64)17-19-56(28-40(67)68)20-18-55(16-14-53)27-39(65)66/h29-32,45H,1-28H2,(H,46,57)(H,47,58)(H,48,60)(H,49,69)(H,50,59)(H,61,62)(H,63,64)(H,65,66)(H,67,68)(H,70,71)(H,72,73)(H2,51,52,74)/t30?,31-,32?/m0/s1. The summed E-state index contributed by atoms with van der Waals surface area (Å²) in [6, 6.07) is -5.11. The highest BCUT2D eigenvalue weighted by Crippen LogP contribution is 2.27. The van der Waals surface area contributed by atoms with Crippen LogP contribution in [-0.2, 0) is 52.7 Å². The van der Waals surface area contributed by atoms with Gasteiger partial charge in [0.05, 0.1) is 45.8 Å². The molecule has 0 radical (unpaired) electrons. The van der Waals surface area contributed by atoms with Gasteiger partial charge >= 0.3 is 41.8 Å². The fraction of sp³-hybridized carbons (Fsp3) is 0.727. The Morgan fingerprint density at radius 3 is 1.34 bits per heavy atom. The van der Waals surface area contributed by atoms with Crippen molar-refractivity contribution in [2.45, 2.75) is 82.3 Å². The zero-order valence-electron chi connectivity index (χ0n) is 41.5. The molecule has 1 aliphatic carbocycles. The monoisotopic (exact) mass is 1060 g/mol. The van der Waals surface area contributed by atoms with Crippen molar-refractivity contribution in [1.29, 1.82) is 0 Å². The van der Waals surface area contributed by atoms with E-state index >= 15 is 0 Å². The van der Waals surface area contributed by atoms with Gasteiger partial charge in [-0.2, -0.15) is 0 Å². The first-order valence-corrected chi connectivity index (χ1v) is 24.5. The van der Waals surface area contributed by atoms with E-state index in [-0.39, 0.29) is 130 Å². The molecule has 0 aromatic heterocycles. The van der Waals surface area contributed by atoms with E-state index in [1.807, 2.05) is 5.32 Å². The zero-order chi connectivity index (χ0) is 55.0. The summed E-state index contributed by atoms with van der Waals surface area (Å²) in [4.78, 5) is 152. The van der Waals surface area contributed by atoms with E-state index < -0.39 is 115 Å². The van der Waals surface area contributed by atoms with Gasteiger partial charge in [-0.3, -0.25) is 62.8 Å². The van der Waals surface area contributed by atoms with Crippen molar-refractivity contribution >= 4 is 71.4 Å². The quantitative estimate of drug-likeness (QED) is 0.0280. The topological polar surface area (TPSA) is 435 Å². The molecule has 2 rings (SSSR count). The predicted molar refractivity (Wildman–Crippen MR) is 257 cm³/mol. The van der Waals surface area contributed by atoms with Gasteiger partial charge in [0.15, 0.2) is 0 Å². The van der Waals surface area contributed by atoms with E-state index in [0.717, 1.165) is 32.1 Å². The number of hydrogen-bond donors (Lipinski definition) is 14. The van der Waals surface area contributed by atoms with E-state index in [1.54, 1.807) is 19.6 Å². The maximum Gasteiger partial charge on any atom is 0.326 e. The number of carboxylic acids is 6. The summed E-state index contributed by atoms with van der Waals surface area (Å²) in [6.45, 7) is -0.683. The Balaban J connectivity index is 1.84. The van der Waals surface area contributed by atoms with Crippen molar-refractivity contribution < 1.29 is 88.2 Å². The second-order valence-electron chi connectivity index (χ2n) is 18.0. The fourth-order valence-corrected chi connectivity index (χ4v) is 8.05. The Morgan fingerprint density at radius 1 is 0.432 bits per heavy atom. The van der Waals surface area contributed by atoms with Gasteiger partial charge in [0.2, 0.25) is 29.5 Å². The minimum Gasteiger partial charge on any atom is -0.481 e. The maximum absolute atomic E-state index is 13.4. The average Bonchev–Trinajstić information content (AvgIpc) is 3.32. The first kappa shape index (κ1) is 63.4. The van der Waals surface area contributed by atoms with Gasteiger partial charge in [-0.1, -0.05) is 32.1 Å². The summed E-state index contributed by atoms with van der Waals surface area (Å²) in [6.07, 6.45) is 4.02. The van der Waals surface area contributed by atoms with Crippen LogP contribution in [0.2, 0.25) is 0 Å². The van der Waals surface area contributed by atoms with Crippen molar-refractivity contribution in [3.8, 4) is 0 Å². The predicted octanol–water partition coefficient (Wildman–Crippen LogP) is -5.18. The summed E-state index contributed by atoms with van der Waals surface area (Å²) >= 11 is 0. The van der Waals surface area contributed by atoms with Crippen molar-refractivity contribution in [2.75, 3.05) is 118 Å². The molecule has 7 amide bonds. The first-order chi connectivity index (χ1) is 35.1. The van der Waals surface area contributed by atoms with Gasteiger partial charge in [-0.25, -0.2) is 14.4 Å². The molecule has 0 spiro atoms. The van der Waals surface area contributed by atoms with Crippen LogP contribution in [0, 0.1) is 5.92 Å². The first-order valence-electron chi connectivity index (χ1n) is 24.5. The third kappa shape index (κ3) is 29.7. The van der Waals surface area contributed by atoms with Gasteiger partial charge < -0.3 is 73.2 Å². The van der Waals surface area contributed by atoms with E-state index in [4.69, 9.17) is 5.11 Å². The lowest BCUT2D eigenvalue weighted by Crippen LogP contribution is -2.53. The molecule has 30 heteroatoms. The molecule has 2 fully saturated rings. The molecular formula is C44H74N12O18. The number of nitrogens with zero attached hydrogens (tertiary/aromatic N) is 4. The van der Waals surface area contributed by atoms with Crippen LogP contribution < -0.4 is 42.5 Å². The molecule has 0 aromatic carbocycles. The molecule has 2 unspecified atom stereocenters. The molecule has 1 aliphatic heterocycles. The van der Waals surface area contributed by atoms with Gasteiger partial charge in [-0.15, -0.1) is 0 Å². The molecule has 1 saturated carbocycles. The van der Waals surface area contributed by atoms with Crippen LogP contribution >= 0.6 is 0 Å². The third-order valence-electron chi connectivity index (χ3n) is 11.9. The zero-order valence-corrected chi connectivity index (χ0v) is 41.5. The van der Waals surface area contributed by atoms with Crippen molar-refractivity contribution in [3.63, 3.8) is 0 Å². The number of rotatable bonds is 32. The molecule has 1 heterocycles. The molecule has 30 nitrogen and oxygen atoms in total. The maximum atomic E-state index is 13.4. The Labute approximate surface area is 427 Å². The summed E-state index contributed by atoms with van der Waals surface area (Å²) in [5.41, 5.74) is 0. The second kappa shape index (κ2) is 35.4. The van der Waals surface area contributed by atoms with E-state index in [9.17, 15) is 83.1 Å². The van der Waals surface area contributed by atoms with Gasteiger partial charge in [0.1, 0.15) is 18.1 Å². The summed E-state index contributed by atoms with van der Waals surface area (Å²) in [5, 5.41) is 75.6. The molecule has 74 heavy (non-hydrogen) atoms. The van der Waals surface area contributed by atoms with Crippen LogP contribution in [0.25, 0.3) is 0 Å². The Bertz CT molecular complexity index is 1870. The van der Waals surface area contributed by atoms with Crippen LogP contribution in [0.5, 0.6) is 0 Å². The number of nitrogens with one attached hydrogen (secondary N) is 8. The summed E-state index contributed by atoms with van der Waals surface area (Å²) in [7, 11) is 0. The molecule has 14 N–H and O–H groups in total. The normalized spacial score (nSPS) is 16.8. The highest BCUT2D eigenvalue weighted by molar-refractivity contribution is 5.92. The van der Waals surface area contributed by atoms with Crippen molar-refractivity contribution in [1.82, 2.24) is 62.1 Å². The lowest BCUT2D eigenvalue weighted by atomic mass is 9.84. The van der Waals surface area contributed by atoms with Crippen molar-refractivity contribution in [3.05, 3.63) is 0 Å². The highest BCUT2D eigenvalue weighted by Gasteiger charge is 2.28. The third-order valence-corrected chi connectivity index (χ3v) is 11.9. The highest BCUT2D eigenvalue weighted by atomic mass is 16.4. The Hall–Kier alpha value is -6.76. The summed E-state index contributed by atoms with van der Waals surface area (Å²) < 4.78 is 0. The Kier molecular flexibility index (Phi) is 30.3. The molecule has 0 aromatic rings. The molecular weight excluding hydrogens is 985 g/mol. The molecule has 3 atom stereocenters. The molecule has 0 bridgehead atoms. The number of amides is 7. The number of carbonyl (C=O) groups excluding carboxylic acids is 6. The van der Waals surface area contributed by atoms with Crippen molar-refractivity contribution in [2.24, 2.45) is 5.92 Å². The summed E-state index contributed by atoms with van der Waals surface area (Å²) in [5.74, 6) is -10.3. The number of carboxylic acid groups (broad SMARTS) is 6. The number of urea groups is 1. The number of aliphatic carboxylic acids is 6. The van der Waals surface area contributed by atoms with Gasteiger partial charge in [0, 0.05) is 71.9 Å². The lowest BCUT2D eigenvalue weighted by molar-refractivity contribution is -0.141. The van der Waals surface area contributed by atoms with Crippen LogP contribution in [0.3, 0.4) is 0 Å². The van der Waals surface area contributed by atoms with Crippen LogP contribution in [0.4, 0.5) is 4.79 Å². The fourth-order valence-electron chi connectivity index (χ4n) is 8.05. The number of hydrogen-bond acceptors (Lipinski definition) is 17.